The van der Waals surface area contributed by atoms with Gasteiger partial charge in [0.25, 0.3) is 5.56 Å². The maximum atomic E-state index is 13.8. The van der Waals surface area contributed by atoms with E-state index in [9.17, 15) is 32.7 Å². The van der Waals surface area contributed by atoms with Crippen LogP contribution in [0.1, 0.15) is 34.9 Å². The van der Waals surface area contributed by atoms with Crippen molar-refractivity contribution in [3.63, 3.8) is 0 Å². The number of fused-ring (bicyclic) bond motifs is 2. The number of carbonyl (C=O) groups excluding carboxylic acids is 1. The van der Waals surface area contributed by atoms with Crippen LogP contribution in [0.5, 0.6) is 11.5 Å². The predicted octanol–water partition coefficient (Wildman–Crippen LogP) is 3.66. The zero-order valence-electron chi connectivity index (χ0n) is 26.8. The van der Waals surface area contributed by atoms with Gasteiger partial charge in [-0.2, -0.15) is 13.2 Å². The molecule has 2 aliphatic rings. The van der Waals surface area contributed by atoms with Crippen molar-refractivity contribution in [2.75, 3.05) is 27.4 Å². The number of alkyl halides is 3. The number of hydrogen-bond donors (Lipinski definition) is 2. The molecule has 0 spiro atoms. The van der Waals surface area contributed by atoms with Gasteiger partial charge in [0.05, 0.1) is 20.8 Å². The molecule has 49 heavy (non-hydrogen) atoms. The summed E-state index contributed by atoms with van der Waals surface area (Å²) >= 11 is 0. The molecular formula is C35H34F3N3O8. The first-order valence-corrected chi connectivity index (χ1v) is 15.4. The van der Waals surface area contributed by atoms with Gasteiger partial charge >= 0.3 is 17.8 Å². The van der Waals surface area contributed by atoms with E-state index >= 15 is 0 Å². The first-order valence-electron chi connectivity index (χ1n) is 15.4. The lowest BCUT2D eigenvalue weighted by Crippen LogP contribution is -2.62. The number of ether oxygens (including phenoxy) is 4. The van der Waals surface area contributed by atoms with Gasteiger partial charge in [0.15, 0.2) is 6.23 Å². The third kappa shape index (κ3) is 5.89. The molecule has 0 aliphatic carbocycles. The summed E-state index contributed by atoms with van der Waals surface area (Å²) < 4.78 is 66.4. The second-order valence-electron chi connectivity index (χ2n) is 12.0. The maximum absolute atomic E-state index is 13.8. The lowest BCUT2D eigenvalue weighted by Gasteiger charge is -2.44. The second kappa shape index (κ2) is 12.8. The highest BCUT2D eigenvalue weighted by Gasteiger charge is 2.64. The van der Waals surface area contributed by atoms with Crippen LogP contribution in [-0.2, 0) is 19.9 Å². The molecule has 1 amide bonds. The number of benzene rings is 3. The van der Waals surface area contributed by atoms with Crippen molar-refractivity contribution in [3.05, 3.63) is 128 Å². The van der Waals surface area contributed by atoms with Crippen LogP contribution in [0.15, 0.2) is 94.6 Å². The minimum absolute atomic E-state index is 0.0697. The van der Waals surface area contributed by atoms with Gasteiger partial charge in [0, 0.05) is 18.3 Å². The summed E-state index contributed by atoms with van der Waals surface area (Å²) in [6.45, 7) is 0.557. The number of methoxy groups -OCH3 is 2. The molecule has 3 aromatic carbocycles. The first kappa shape index (κ1) is 34.0. The number of aromatic nitrogens is 2. The van der Waals surface area contributed by atoms with Crippen LogP contribution in [0.3, 0.4) is 0 Å². The average molecular weight is 682 g/mol. The molecule has 0 unspecified atom stereocenters. The fourth-order valence-corrected chi connectivity index (χ4v) is 6.73. The number of nitrogens with zero attached hydrogens (tertiary/aromatic N) is 2. The Labute approximate surface area is 278 Å². The minimum Gasteiger partial charge on any atom is -0.497 e. The molecule has 4 atom stereocenters. The Morgan fingerprint density at radius 3 is 2.02 bits per heavy atom. The number of rotatable bonds is 9. The van der Waals surface area contributed by atoms with Crippen molar-refractivity contribution in [2.24, 2.45) is 0 Å². The Bertz CT molecular complexity index is 1880. The number of aliphatic hydroxyl groups excluding tert-OH is 1. The number of aromatic amines is 1. The Hall–Kier alpha value is -4.92. The molecule has 2 bridgehead atoms. The van der Waals surface area contributed by atoms with Crippen LogP contribution in [-0.4, -0.2) is 76.8 Å². The van der Waals surface area contributed by atoms with E-state index in [0.29, 0.717) is 33.1 Å². The van der Waals surface area contributed by atoms with Crippen LogP contribution in [0.25, 0.3) is 0 Å². The van der Waals surface area contributed by atoms with E-state index in [2.05, 4.69) is 4.98 Å². The van der Waals surface area contributed by atoms with E-state index in [-0.39, 0.29) is 18.6 Å². The standard InChI is InChI=1S/C35H34F3N3O8/c1-21-19-41(32(45)39-29(21)43)30-27-28(42)33(49-30,17-18-40(27)31(44)35(36,37)38)20-48-34(22-7-5-4-6-8-22,23-9-13-25(46-2)14-10-23)24-11-15-26(47-3)16-12-24/h4-16,19,27-28,30,42H,17-18,20H2,1-3H3,(H,39,43,45)/t27-,28+,30-,33-/m1/s1. The molecule has 258 valence electrons. The topological polar surface area (TPSA) is 132 Å². The second-order valence-corrected chi connectivity index (χ2v) is 12.0. The number of carbonyl (C=O) groups is 1. The van der Waals surface area contributed by atoms with Crippen LogP contribution in [0.2, 0.25) is 0 Å². The molecule has 0 saturated carbocycles. The summed E-state index contributed by atoms with van der Waals surface area (Å²) in [6, 6.07) is 21.9. The van der Waals surface area contributed by atoms with Crippen LogP contribution in [0.4, 0.5) is 13.2 Å². The van der Waals surface area contributed by atoms with Crippen molar-refractivity contribution in [2.45, 2.75) is 49.1 Å². The van der Waals surface area contributed by atoms with Crippen molar-refractivity contribution < 1.29 is 42.0 Å². The number of aryl methyl sites for hydroxylation is 1. The number of amides is 1. The van der Waals surface area contributed by atoms with Gasteiger partial charge in [-0.15, -0.1) is 0 Å². The number of likely N-dealkylation sites (tertiary alicyclic amines) is 1. The van der Waals surface area contributed by atoms with Gasteiger partial charge in [0.1, 0.15) is 34.8 Å². The van der Waals surface area contributed by atoms with Crippen molar-refractivity contribution in [1.29, 1.82) is 0 Å². The molecule has 11 nitrogen and oxygen atoms in total. The molecule has 2 N–H and O–H groups in total. The highest BCUT2D eigenvalue weighted by atomic mass is 19.4. The summed E-state index contributed by atoms with van der Waals surface area (Å²) in [5.41, 5.74) is -2.70. The molecule has 0 radical (unpaired) electrons. The molecule has 3 heterocycles. The quantitative estimate of drug-likeness (QED) is 0.256. The lowest BCUT2D eigenvalue weighted by atomic mass is 9.79. The number of halogens is 3. The summed E-state index contributed by atoms with van der Waals surface area (Å²) in [6.07, 6.45) is -7.73. The van der Waals surface area contributed by atoms with E-state index < -0.39 is 59.5 Å². The fourth-order valence-electron chi connectivity index (χ4n) is 6.73. The van der Waals surface area contributed by atoms with Crippen LogP contribution in [0, 0.1) is 6.92 Å². The van der Waals surface area contributed by atoms with Gasteiger partial charge < -0.3 is 29.0 Å². The average Bonchev–Trinajstić information content (AvgIpc) is 3.26. The van der Waals surface area contributed by atoms with E-state index in [4.69, 9.17) is 18.9 Å². The third-order valence-electron chi connectivity index (χ3n) is 9.28. The normalized spacial score (nSPS) is 22.2. The molecule has 4 aromatic rings. The SMILES string of the molecule is COc1ccc(C(OC[C@@]23CCN(C(=O)C(F)(F)F)[C@@H]([C@H](n4cc(C)c(=O)[nH]c4=O)O2)[C@@H]3O)(c2ccccc2)c2ccc(OC)cc2)cc1. The van der Waals surface area contributed by atoms with Crippen LogP contribution >= 0.6 is 0 Å². The molecule has 2 fully saturated rings. The predicted molar refractivity (Wildman–Crippen MR) is 169 cm³/mol. The number of hydrogen-bond acceptors (Lipinski definition) is 8. The fraction of sp³-hybridized carbons (Fsp3) is 0.343. The van der Waals surface area contributed by atoms with Crippen molar-refractivity contribution >= 4 is 5.91 Å². The number of piperidine rings is 1. The molecule has 6 rings (SSSR count). The highest BCUT2D eigenvalue weighted by Crippen LogP contribution is 2.49. The monoisotopic (exact) mass is 681 g/mol. The number of aliphatic hydroxyl groups is 1. The van der Waals surface area contributed by atoms with E-state index in [1.807, 2.05) is 54.6 Å². The smallest absolute Gasteiger partial charge is 0.471 e. The largest absolute Gasteiger partial charge is 0.497 e. The Kier molecular flexibility index (Phi) is 8.90. The summed E-state index contributed by atoms with van der Waals surface area (Å²) in [7, 11) is 3.07. The van der Waals surface area contributed by atoms with Gasteiger partial charge in [-0.1, -0.05) is 54.6 Å². The minimum atomic E-state index is -5.26. The molecular weight excluding hydrogens is 647 g/mol. The Morgan fingerprint density at radius 2 is 1.49 bits per heavy atom. The number of H-pyrrole nitrogens is 1. The third-order valence-corrected chi connectivity index (χ3v) is 9.28. The molecule has 14 heteroatoms. The maximum Gasteiger partial charge on any atom is 0.471 e. The van der Waals surface area contributed by atoms with Crippen molar-refractivity contribution in [1.82, 2.24) is 14.5 Å². The number of nitrogens with one attached hydrogen (secondary N) is 1. The summed E-state index contributed by atoms with van der Waals surface area (Å²) in [4.78, 5) is 40.4. The van der Waals surface area contributed by atoms with Crippen molar-refractivity contribution in [3.8, 4) is 11.5 Å². The summed E-state index contributed by atoms with van der Waals surface area (Å²) in [5, 5.41) is 11.8. The first-order chi connectivity index (χ1) is 23.3. The molecule has 2 aliphatic heterocycles. The zero-order chi connectivity index (χ0) is 35.1. The van der Waals surface area contributed by atoms with E-state index in [0.717, 1.165) is 10.8 Å². The van der Waals surface area contributed by atoms with Gasteiger partial charge in [-0.3, -0.25) is 19.1 Å². The summed E-state index contributed by atoms with van der Waals surface area (Å²) in [5.74, 6) is -1.02. The Balaban J connectivity index is 1.49. The molecule has 2 saturated heterocycles. The molecule has 1 aromatic heterocycles. The van der Waals surface area contributed by atoms with E-state index in [1.165, 1.54) is 21.1 Å². The zero-order valence-corrected chi connectivity index (χ0v) is 26.8. The van der Waals surface area contributed by atoms with Crippen LogP contribution < -0.4 is 20.7 Å². The lowest BCUT2D eigenvalue weighted by molar-refractivity contribution is -0.195. The van der Waals surface area contributed by atoms with Gasteiger partial charge in [-0.25, -0.2) is 4.79 Å². The van der Waals surface area contributed by atoms with Gasteiger partial charge in [-0.05, 0) is 54.3 Å². The highest BCUT2D eigenvalue weighted by molar-refractivity contribution is 5.82. The Morgan fingerprint density at radius 1 is 0.939 bits per heavy atom. The van der Waals surface area contributed by atoms with E-state index in [1.54, 1.807) is 24.3 Å². The van der Waals surface area contributed by atoms with Gasteiger partial charge in [0.2, 0.25) is 0 Å².